The number of quaternary nitrogens is 1. The Balaban J connectivity index is 1.93. The molecule has 0 radical (unpaired) electrons. The minimum absolute atomic E-state index is 0.0434. The highest BCUT2D eigenvalue weighted by Crippen LogP contribution is 2.33. The second kappa shape index (κ2) is 7.18. The van der Waals surface area contributed by atoms with Gasteiger partial charge >= 0.3 is 0 Å². The van der Waals surface area contributed by atoms with Gasteiger partial charge in [-0.05, 0) is 31.2 Å². The van der Waals surface area contributed by atoms with Gasteiger partial charge in [-0.25, -0.2) is 0 Å². The molecular formula is C14H14Cl3N2O2+. The van der Waals surface area contributed by atoms with Gasteiger partial charge in [-0.3, -0.25) is 4.79 Å². The van der Waals surface area contributed by atoms with Gasteiger partial charge in [0.2, 0.25) is 0 Å². The third-order valence-corrected chi connectivity index (χ3v) is 3.73. The van der Waals surface area contributed by atoms with E-state index in [2.05, 4.69) is 5.32 Å². The van der Waals surface area contributed by atoms with Gasteiger partial charge in [0.25, 0.3) is 5.91 Å². The van der Waals surface area contributed by atoms with E-state index in [0.717, 1.165) is 5.76 Å². The summed E-state index contributed by atoms with van der Waals surface area (Å²) in [6.45, 7) is 2.17. The van der Waals surface area contributed by atoms with E-state index in [0.29, 0.717) is 20.8 Å². The third-order valence-electron chi connectivity index (χ3n) is 2.92. The van der Waals surface area contributed by atoms with E-state index in [9.17, 15) is 4.79 Å². The molecule has 112 valence electrons. The molecule has 0 aliphatic carbocycles. The maximum atomic E-state index is 12.0. The number of rotatable bonds is 5. The number of carbonyl (C=O) groups is 1. The molecule has 1 heterocycles. The molecule has 0 spiro atoms. The summed E-state index contributed by atoms with van der Waals surface area (Å²) in [6, 6.07) is 6.78. The van der Waals surface area contributed by atoms with Crippen LogP contribution in [0, 0.1) is 0 Å². The van der Waals surface area contributed by atoms with Gasteiger partial charge in [-0.2, -0.15) is 0 Å². The summed E-state index contributed by atoms with van der Waals surface area (Å²) in [4.78, 5) is 12.0. The zero-order valence-electron chi connectivity index (χ0n) is 11.2. The van der Waals surface area contributed by atoms with Crippen molar-refractivity contribution in [1.29, 1.82) is 0 Å². The SMILES string of the molecule is C[C@H]([NH2+]CC(=O)Nc1c(Cl)cc(Cl)cc1Cl)c1ccco1. The first-order valence-electron chi connectivity index (χ1n) is 6.28. The monoisotopic (exact) mass is 347 g/mol. The van der Waals surface area contributed by atoms with Crippen molar-refractivity contribution in [3.05, 3.63) is 51.4 Å². The molecule has 7 heteroatoms. The lowest BCUT2D eigenvalue weighted by atomic mass is 10.2. The number of furan rings is 1. The van der Waals surface area contributed by atoms with Crippen molar-refractivity contribution in [1.82, 2.24) is 0 Å². The molecule has 0 fully saturated rings. The molecule has 1 aromatic carbocycles. The molecule has 3 N–H and O–H groups in total. The quantitative estimate of drug-likeness (QED) is 0.869. The van der Waals surface area contributed by atoms with Crippen LogP contribution in [0.15, 0.2) is 34.9 Å². The van der Waals surface area contributed by atoms with Gasteiger partial charge < -0.3 is 15.1 Å². The van der Waals surface area contributed by atoms with Crippen molar-refractivity contribution in [2.75, 3.05) is 11.9 Å². The Morgan fingerprint density at radius 3 is 2.57 bits per heavy atom. The predicted molar refractivity (Wildman–Crippen MR) is 84.0 cm³/mol. The molecule has 4 nitrogen and oxygen atoms in total. The number of hydrogen-bond donors (Lipinski definition) is 2. The summed E-state index contributed by atoms with van der Waals surface area (Å²) in [5, 5.41) is 5.56. The minimum Gasteiger partial charge on any atom is -0.463 e. The Bertz CT molecular complexity index is 606. The summed E-state index contributed by atoms with van der Waals surface area (Å²) >= 11 is 17.8. The van der Waals surface area contributed by atoms with Crippen molar-refractivity contribution in [2.24, 2.45) is 0 Å². The van der Waals surface area contributed by atoms with Crippen LogP contribution in [0.3, 0.4) is 0 Å². The molecule has 2 rings (SSSR count). The van der Waals surface area contributed by atoms with Crippen LogP contribution in [0.5, 0.6) is 0 Å². The lowest BCUT2D eigenvalue weighted by Gasteiger charge is -2.11. The standard InChI is InChI=1S/C14H13Cl3N2O2/c1-8(12-3-2-4-21-12)18-7-13(20)19-14-10(16)5-9(15)6-11(14)17/h2-6,8,18H,7H2,1H3,(H,19,20)/p+1/t8-/m0/s1. The van der Waals surface area contributed by atoms with Gasteiger partial charge in [0, 0.05) is 5.02 Å². The molecule has 1 atom stereocenters. The van der Waals surface area contributed by atoms with Crippen LogP contribution in [-0.2, 0) is 4.79 Å². The van der Waals surface area contributed by atoms with Crippen LogP contribution in [-0.4, -0.2) is 12.5 Å². The number of halogens is 3. The fraction of sp³-hybridized carbons (Fsp3) is 0.214. The maximum absolute atomic E-state index is 12.0. The molecular weight excluding hydrogens is 335 g/mol. The largest absolute Gasteiger partial charge is 0.463 e. The van der Waals surface area contributed by atoms with Crippen LogP contribution in [0.1, 0.15) is 18.7 Å². The molecule has 1 aromatic heterocycles. The molecule has 0 saturated heterocycles. The molecule has 0 bridgehead atoms. The Morgan fingerprint density at radius 2 is 2.00 bits per heavy atom. The van der Waals surface area contributed by atoms with Gasteiger partial charge in [0.1, 0.15) is 6.04 Å². The number of nitrogens with one attached hydrogen (secondary N) is 1. The number of hydrogen-bond acceptors (Lipinski definition) is 2. The topological polar surface area (TPSA) is 58.9 Å². The van der Waals surface area contributed by atoms with E-state index in [1.807, 2.05) is 24.4 Å². The van der Waals surface area contributed by atoms with E-state index in [1.54, 1.807) is 6.26 Å². The fourth-order valence-electron chi connectivity index (χ4n) is 1.80. The highest BCUT2D eigenvalue weighted by molar-refractivity contribution is 6.42. The van der Waals surface area contributed by atoms with Crippen molar-refractivity contribution >= 4 is 46.4 Å². The Kier molecular flexibility index (Phi) is 5.53. The Hall–Kier alpha value is -1.20. The van der Waals surface area contributed by atoms with E-state index in [1.165, 1.54) is 12.1 Å². The normalized spacial score (nSPS) is 12.2. The summed E-state index contributed by atoms with van der Waals surface area (Å²) < 4.78 is 5.28. The van der Waals surface area contributed by atoms with Crippen molar-refractivity contribution < 1.29 is 14.5 Å². The smallest absolute Gasteiger partial charge is 0.279 e. The fourth-order valence-corrected chi connectivity index (χ4v) is 2.71. The molecule has 21 heavy (non-hydrogen) atoms. The van der Waals surface area contributed by atoms with E-state index in [-0.39, 0.29) is 18.5 Å². The van der Waals surface area contributed by atoms with Gasteiger partial charge in [-0.1, -0.05) is 34.8 Å². The van der Waals surface area contributed by atoms with Gasteiger partial charge in [-0.15, -0.1) is 0 Å². The molecule has 0 unspecified atom stereocenters. The van der Waals surface area contributed by atoms with Crippen molar-refractivity contribution in [2.45, 2.75) is 13.0 Å². The number of benzene rings is 1. The minimum atomic E-state index is -0.209. The van der Waals surface area contributed by atoms with Crippen LogP contribution < -0.4 is 10.6 Å². The average molecular weight is 349 g/mol. The Labute approximate surface area is 137 Å². The number of amides is 1. The second-order valence-corrected chi connectivity index (χ2v) is 5.79. The third kappa shape index (κ3) is 4.38. The lowest BCUT2D eigenvalue weighted by Crippen LogP contribution is -2.86. The summed E-state index contributed by atoms with van der Waals surface area (Å²) in [5.41, 5.74) is 0.367. The van der Waals surface area contributed by atoms with Crippen LogP contribution in [0.4, 0.5) is 5.69 Å². The summed E-state index contributed by atoms with van der Waals surface area (Å²) in [5.74, 6) is 0.602. The summed E-state index contributed by atoms with van der Waals surface area (Å²) in [7, 11) is 0. The highest BCUT2D eigenvalue weighted by Gasteiger charge is 2.16. The highest BCUT2D eigenvalue weighted by atomic mass is 35.5. The van der Waals surface area contributed by atoms with E-state index in [4.69, 9.17) is 39.2 Å². The van der Waals surface area contributed by atoms with Crippen LogP contribution in [0.25, 0.3) is 0 Å². The second-order valence-electron chi connectivity index (χ2n) is 4.54. The first kappa shape index (κ1) is 16.2. The molecule has 0 aliphatic heterocycles. The van der Waals surface area contributed by atoms with Crippen molar-refractivity contribution in [3.63, 3.8) is 0 Å². The Morgan fingerprint density at radius 1 is 1.33 bits per heavy atom. The molecule has 0 saturated carbocycles. The molecule has 1 amide bonds. The average Bonchev–Trinajstić information content (AvgIpc) is 2.94. The van der Waals surface area contributed by atoms with Crippen molar-refractivity contribution in [3.8, 4) is 0 Å². The van der Waals surface area contributed by atoms with Crippen LogP contribution >= 0.6 is 34.8 Å². The van der Waals surface area contributed by atoms with E-state index < -0.39 is 0 Å². The lowest BCUT2D eigenvalue weighted by molar-refractivity contribution is -0.684. The molecule has 0 aliphatic rings. The first-order chi connectivity index (χ1) is 9.97. The maximum Gasteiger partial charge on any atom is 0.279 e. The van der Waals surface area contributed by atoms with Crippen LogP contribution in [0.2, 0.25) is 15.1 Å². The van der Waals surface area contributed by atoms with Gasteiger partial charge in [0.15, 0.2) is 12.3 Å². The summed E-state index contributed by atoms with van der Waals surface area (Å²) in [6.07, 6.45) is 1.60. The number of anilines is 1. The van der Waals surface area contributed by atoms with E-state index >= 15 is 0 Å². The molecule has 2 aromatic rings. The number of nitrogens with two attached hydrogens (primary N) is 1. The first-order valence-corrected chi connectivity index (χ1v) is 7.42. The zero-order chi connectivity index (χ0) is 15.4. The predicted octanol–water partition coefficient (Wildman–Crippen LogP) is 3.50. The zero-order valence-corrected chi connectivity index (χ0v) is 13.5. The number of carbonyl (C=O) groups excluding carboxylic acids is 1. The van der Waals surface area contributed by atoms with Gasteiger partial charge in [0.05, 0.1) is 22.0 Å².